The minimum atomic E-state index is -0.0764. The maximum atomic E-state index is 12.9. The van der Waals surface area contributed by atoms with Gasteiger partial charge in [0.25, 0.3) is 5.91 Å². The van der Waals surface area contributed by atoms with E-state index >= 15 is 0 Å². The van der Waals surface area contributed by atoms with Crippen LogP contribution in [0.25, 0.3) is 0 Å². The average molecular weight is 306 g/mol. The van der Waals surface area contributed by atoms with Crippen LogP contribution >= 0.6 is 0 Å². The van der Waals surface area contributed by atoms with Gasteiger partial charge in [-0.25, -0.2) is 0 Å². The van der Waals surface area contributed by atoms with Gasteiger partial charge >= 0.3 is 0 Å². The zero-order chi connectivity index (χ0) is 16.2. The Kier molecular flexibility index (Phi) is 4.29. The van der Waals surface area contributed by atoms with Gasteiger partial charge < -0.3 is 9.64 Å². The largest absolute Gasteiger partial charge is 0.497 e. The smallest absolute Gasteiger partial charge is 0.255 e. The number of carbonyl (C=O) groups excluding carboxylic acids is 1. The summed E-state index contributed by atoms with van der Waals surface area (Å²) >= 11 is 0. The summed E-state index contributed by atoms with van der Waals surface area (Å²) in [6.07, 6.45) is 1.88. The summed E-state index contributed by atoms with van der Waals surface area (Å²) < 4.78 is 5.28. The molecule has 0 aliphatic carbocycles. The molecule has 0 saturated carbocycles. The van der Waals surface area contributed by atoms with Crippen LogP contribution in [0.5, 0.6) is 5.75 Å². The normalized spacial score (nSPS) is 16.9. The number of nitrogens with zero attached hydrogens (tertiary/aromatic N) is 2. The molecule has 0 N–H and O–H groups in total. The molecule has 1 amide bonds. The molecule has 0 bridgehead atoms. The fraction of sp³-hybridized carbons (Fsp3) is 0.263. The Morgan fingerprint density at radius 3 is 2.87 bits per heavy atom. The SMILES string of the molecule is COc1cccc([C@H]2CCCN2C(=O)c2ccccc2C#N)c1. The molecule has 23 heavy (non-hydrogen) atoms. The predicted octanol–water partition coefficient (Wildman–Crippen LogP) is 3.54. The summed E-state index contributed by atoms with van der Waals surface area (Å²) in [5.74, 6) is 0.715. The van der Waals surface area contributed by atoms with Gasteiger partial charge in [-0.1, -0.05) is 24.3 Å². The van der Waals surface area contributed by atoms with Crippen LogP contribution in [0.15, 0.2) is 48.5 Å². The summed E-state index contributed by atoms with van der Waals surface area (Å²) in [6, 6.07) is 17.0. The maximum Gasteiger partial charge on any atom is 0.255 e. The van der Waals surface area contributed by atoms with Gasteiger partial charge in [0.2, 0.25) is 0 Å². The maximum absolute atomic E-state index is 12.9. The number of nitriles is 1. The molecule has 1 atom stereocenters. The fourth-order valence-corrected chi connectivity index (χ4v) is 3.13. The molecular formula is C19H18N2O2. The minimum absolute atomic E-state index is 0.0318. The molecule has 4 heteroatoms. The molecule has 4 nitrogen and oxygen atoms in total. The minimum Gasteiger partial charge on any atom is -0.497 e. The lowest BCUT2D eigenvalue weighted by molar-refractivity contribution is 0.0735. The van der Waals surface area contributed by atoms with Crippen LogP contribution < -0.4 is 4.74 Å². The summed E-state index contributed by atoms with van der Waals surface area (Å²) in [5.41, 5.74) is 1.98. The van der Waals surface area contributed by atoms with Gasteiger partial charge in [-0.2, -0.15) is 5.26 Å². The van der Waals surface area contributed by atoms with Crippen LogP contribution in [0, 0.1) is 11.3 Å². The van der Waals surface area contributed by atoms with Crippen LogP contribution in [0.2, 0.25) is 0 Å². The van der Waals surface area contributed by atoms with Crippen molar-refractivity contribution in [2.45, 2.75) is 18.9 Å². The molecule has 1 aliphatic rings. The first kappa shape index (κ1) is 15.1. The highest BCUT2D eigenvalue weighted by atomic mass is 16.5. The highest BCUT2D eigenvalue weighted by Gasteiger charge is 2.31. The summed E-state index contributed by atoms with van der Waals surface area (Å²) in [6.45, 7) is 0.709. The number of rotatable bonds is 3. The topological polar surface area (TPSA) is 53.3 Å². The molecule has 0 unspecified atom stereocenters. The lowest BCUT2D eigenvalue weighted by Gasteiger charge is -2.25. The number of amides is 1. The monoisotopic (exact) mass is 306 g/mol. The zero-order valence-corrected chi connectivity index (χ0v) is 13.0. The second-order valence-electron chi connectivity index (χ2n) is 5.59. The summed E-state index contributed by atoms with van der Waals surface area (Å²) in [7, 11) is 1.64. The number of ether oxygens (including phenoxy) is 1. The number of likely N-dealkylation sites (tertiary alicyclic amines) is 1. The Labute approximate surface area is 135 Å². The van der Waals surface area contributed by atoms with Gasteiger partial charge in [0.1, 0.15) is 5.75 Å². The van der Waals surface area contributed by atoms with E-state index in [1.807, 2.05) is 29.2 Å². The highest BCUT2D eigenvalue weighted by Crippen LogP contribution is 2.34. The third-order valence-electron chi connectivity index (χ3n) is 4.27. The lowest BCUT2D eigenvalue weighted by atomic mass is 10.0. The van der Waals surface area contributed by atoms with Gasteiger partial charge in [-0.05, 0) is 42.7 Å². The fourth-order valence-electron chi connectivity index (χ4n) is 3.13. The van der Waals surface area contributed by atoms with Gasteiger partial charge in [0.05, 0.1) is 30.3 Å². The van der Waals surface area contributed by atoms with Gasteiger partial charge in [-0.15, -0.1) is 0 Å². The Balaban J connectivity index is 1.92. The van der Waals surface area contributed by atoms with Crippen molar-refractivity contribution in [1.29, 1.82) is 5.26 Å². The molecular weight excluding hydrogens is 288 g/mol. The Bertz CT molecular complexity index is 764. The Morgan fingerprint density at radius 2 is 2.09 bits per heavy atom. The molecule has 1 aliphatic heterocycles. The van der Waals surface area contributed by atoms with E-state index < -0.39 is 0 Å². The van der Waals surface area contributed by atoms with Crippen LogP contribution in [-0.2, 0) is 0 Å². The number of carbonyl (C=O) groups is 1. The van der Waals surface area contributed by atoms with Crippen molar-refractivity contribution in [3.05, 3.63) is 65.2 Å². The predicted molar refractivity (Wildman–Crippen MR) is 87.2 cm³/mol. The third kappa shape index (κ3) is 2.91. The van der Waals surface area contributed by atoms with Crippen molar-refractivity contribution in [2.75, 3.05) is 13.7 Å². The Morgan fingerprint density at radius 1 is 1.26 bits per heavy atom. The summed E-state index contributed by atoms with van der Waals surface area (Å²) in [4.78, 5) is 14.8. The zero-order valence-electron chi connectivity index (χ0n) is 13.0. The van der Waals surface area contributed by atoms with Crippen molar-refractivity contribution in [3.8, 4) is 11.8 Å². The van der Waals surface area contributed by atoms with Crippen molar-refractivity contribution >= 4 is 5.91 Å². The van der Waals surface area contributed by atoms with Crippen molar-refractivity contribution < 1.29 is 9.53 Å². The van der Waals surface area contributed by atoms with Crippen molar-refractivity contribution in [1.82, 2.24) is 4.90 Å². The molecule has 1 fully saturated rings. The molecule has 1 saturated heterocycles. The van der Waals surface area contributed by atoms with Crippen LogP contribution in [0.1, 0.15) is 40.4 Å². The summed E-state index contributed by atoms with van der Waals surface area (Å²) in [5, 5.41) is 9.22. The Hall–Kier alpha value is -2.80. The molecule has 0 spiro atoms. The first-order valence-corrected chi connectivity index (χ1v) is 7.68. The molecule has 116 valence electrons. The van der Waals surface area contributed by atoms with E-state index in [-0.39, 0.29) is 11.9 Å². The number of hydrogen-bond acceptors (Lipinski definition) is 3. The van der Waals surface area contributed by atoms with E-state index in [0.29, 0.717) is 17.7 Å². The van der Waals surface area contributed by atoms with E-state index in [9.17, 15) is 10.1 Å². The van der Waals surface area contributed by atoms with Gasteiger partial charge in [0, 0.05) is 6.54 Å². The highest BCUT2D eigenvalue weighted by molar-refractivity contribution is 5.97. The lowest BCUT2D eigenvalue weighted by Crippen LogP contribution is -2.31. The van der Waals surface area contributed by atoms with E-state index in [4.69, 9.17) is 4.74 Å². The van der Waals surface area contributed by atoms with E-state index in [0.717, 1.165) is 24.2 Å². The van der Waals surface area contributed by atoms with E-state index in [1.54, 1.807) is 31.4 Å². The molecule has 2 aromatic rings. The van der Waals surface area contributed by atoms with Crippen LogP contribution in [0.4, 0.5) is 0 Å². The molecule has 0 aromatic heterocycles. The third-order valence-corrected chi connectivity index (χ3v) is 4.27. The van der Waals surface area contributed by atoms with Crippen molar-refractivity contribution in [2.24, 2.45) is 0 Å². The average Bonchev–Trinajstić information content (AvgIpc) is 3.10. The number of benzene rings is 2. The first-order chi connectivity index (χ1) is 11.2. The molecule has 3 rings (SSSR count). The molecule has 1 heterocycles. The van der Waals surface area contributed by atoms with Gasteiger partial charge in [-0.3, -0.25) is 4.79 Å². The first-order valence-electron chi connectivity index (χ1n) is 7.68. The van der Waals surface area contributed by atoms with E-state index in [2.05, 4.69) is 6.07 Å². The standard InChI is InChI=1S/C19H18N2O2/c1-23-16-8-4-7-14(12-16)18-10-5-11-21(18)19(22)17-9-3-2-6-15(17)13-20/h2-4,6-9,12,18H,5,10-11H2,1H3/t18-/m1/s1. The van der Waals surface area contributed by atoms with Gasteiger partial charge in [0.15, 0.2) is 0 Å². The van der Waals surface area contributed by atoms with Crippen LogP contribution in [-0.4, -0.2) is 24.5 Å². The molecule has 2 aromatic carbocycles. The molecule has 0 radical (unpaired) electrons. The quantitative estimate of drug-likeness (QED) is 0.871. The van der Waals surface area contributed by atoms with Crippen LogP contribution in [0.3, 0.4) is 0 Å². The van der Waals surface area contributed by atoms with Crippen molar-refractivity contribution in [3.63, 3.8) is 0 Å². The number of methoxy groups -OCH3 is 1. The van der Waals surface area contributed by atoms with E-state index in [1.165, 1.54) is 0 Å². The second kappa shape index (κ2) is 6.53. The second-order valence-corrected chi connectivity index (χ2v) is 5.59. The number of hydrogen-bond donors (Lipinski definition) is 0.